The Morgan fingerprint density at radius 2 is 2.09 bits per heavy atom. The number of nitrogens with one attached hydrogen (secondary N) is 1. The van der Waals surface area contributed by atoms with Crippen molar-refractivity contribution in [2.24, 2.45) is 17.6 Å². The van der Waals surface area contributed by atoms with Crippen molar-refractivity contribution in [1.29, 1.82) is 5.26 Å². The van der Waals surface area contributed by atoms with Crippen LogP contribution in [0.3, 0.4) is 0 Å². The first-order chi connectivity index (χ1) is 11.0. The molecule has 2 atom stereocenters. The van der Waals surface area contributed by atoms with Gasteiger partial charge in [-0.2, -0.15) is 5.26 Å². The molecule has 0 spiro atoms. The number of hydrogen-bond acceptors (Lipinski definition) is 4. The third-order valence-electron chi connectivity index (χ3n) is 5.33. The van der Waals surface area contributed by atoms with Gasteiger partial charge in [-0.25, -0.2) is 0 Å². The normalized spacial score (nSPS) is 26.9. The second-order valence-electron chi connectivity index (χ2n) is 7.76. The Kier molecular flexibility index (Phi) is 6.43. The van der Waals surface area contributed by atoms with E-state index in [0.717, 1.165) is 19.4 Å². The lowest BCUT2D eigenvalue weighted by Crippen LogP contribution is -2.58. The van der Waals surface area contributed by atoms with Crippen molar-refractivity contribution < 1.29 is 4.79 Å². The molecule has 1 saturated carbocycles. The fraction of sp³-hybridized carbons (Fsp3) is 0.889. The average Bonchev–Trinajstić information content (AvgIpc) is 3.02. The standard InChI is InChI=1S/C18H32N4O/c1-14(2)10-16(20)17(23)22(11-15-6-4-3-5-7-15)18(12-19)8-9-21-13-18/h14-16,21H,3-11,13,20H2,1-2H3. The van der Waals surface area contributed by atoms with E-state index in [1.54, 1.807) is 0 Å². The van der Waals surface area contributed by atoms with Gasteiger partial charge in [0.15, 0.2) is 0 Å². The van der Waals surface area contributed by atoms with Crippen LogP contribution in [0.15, 0.2) is 0 Å². The number of hydrogen-bond donors (Lipinski definition) is 2. The number of nitrogens with zero attached hydrogens (tertiary/aromatic N) is 2. The Bertz CT molecular complexity index is 431. The number of amides is 1. The summed E-state index contributed by atoms with van der Waals surface area (Å²) in [7, 11) is 0. The second kappa shape index (κ2) is 8.12. The maximum Gasteiger partial charge on any atom is 0.240 e. The molecule has 0 aromatic rings. The largest absolute Gasteiger partial charge is 0.321 e. The molecular formula is C18H32N4O. The molecule has 1 amide bonds. The summed E-state index contributed by atoms with van der Waals surface area (Å²) in [4.78, 5) is 14.9. The highest BCUT2D eigenvalue weighted by Crippen LogP contribution is 2.30. The summed E-state index contributed by atoms with van der Waals surface area (Å²) in [5.41, 5.74) is 5.48. The van der Waals surface area contributed by atoms with Crippen LogP contribution < -0.4 is 11.1 Å². The van der Waals surface area contributed by atoms with E-state index >= 15 is 0 Å². The van der Waals surface area contributed by atoms with Gasteiger partial charge in [-0.05, 0) is 44.1 Å². The zero-order valence-corrected chi connectivity index (χ0v) is 14.7. The van der Waals surface area contributed by atoms with Crippen molar-refractivity contribution in [1.82, 2.24) is 10.2 Å². The van der Waals surface area contributed by atoms with Crippen molar-refractivity contribution in [3.8, 4) is 6.07 Å². The van der Waals surface area contributed by atoms with E-state index in [2.05, 4.69) is 25.2 Å². The van der Waals surface area contributed by atoms with Crippen LogP contribution in [0, 0.1) is 23.2 Å². The molecule has 0 radical (unpaired) electrons. The van der Waals surface area contributed by atoms with Crippen LogP contribution in [0.4, 0.5) is 0 Å². The molecule has 2 fully saturated rings. The maximum absolute atomic E-state index is 13.0. The first kappa shape index (κ1) is 18.2. The van der Waals surface area contributed by atoms with E-state index in [1.807, 2.05) is 4.90 Å². The first-order valence-corrected chi connectivity index (χ1v) is 9.17. The minimum atomic E-state index is -0.705. The molecule has 2 aliphatic rings. The Labute approximate surface area is 140 Å². The number of rotatable bonds is 6. The highest BCUT2D eigenvalue weighted by Gasteiger charge is 2.44. The van der Waals surface area contributed by atoms with Gasteiger partial charge in [0.1, 0.15) is 5.54 Å². The SMILES string of the molecule is CC(C)CC(N)C(=O)N(CC1CCCCC1)C1(C#N)CCNC1. The highest BCUT2D eigenvalue weighted by molar-refractivity contribution is 5.83. The van der Waals surface area contributed by atoms with Gasteiger partial charge >= 0.3 is 0 Å². The maximum atomic E-state index is 13.0. The monoisotopic (exact) mass is 320 g/mol. The van der Waals surface area contributed by atoms with Crippen LogP contribution in [0.1, 0.15) is 58.8 Å². The summed E-state index contributed by atoms with van der Waals surface area (Å²) >= 11 is 0. The molecule has 1 aliphatic carbocycles. The van der Waals surface area contributed by atoms with E-state index in [-0.39, 0.29) is 5.91 Å². The molecule has 1 saturated heterocycles. The average molecular weight is 320 g/mol. The third kappa shape index (κ3) is 4.45. The number of carbonyl (C=O) groups is 1. The summed E-state index contributed by atoms with van der Waals surface area (Å²) in [6.07, 6.45) is 7.48. The lowest BCUT2D eigenvalue weighted by atomic mass is 9.86. The molecule has 130 valence electrons. The summed E-state index contributed by atoms with van der Waals surface area (Å²) in [5.74, 6) is 0.865. The van der Waals surface area contributed by atoms with Crippen LogP contribution in [0.5, 0.6) is 0 Å². The van der Waals surface area contributed by atoms with E-state index in [1.165, 1.54) is 19.3 Å². The topological polar surface area (TPSA) is 82.2 Å². The van der Waals surface area contributed by atoms with E-state index in [4.69, 9.17) is 5.73 Å². The lowest BCUT2D eigenvalue weighted by molar-refractivity contribution is -0.138. The minimum absolute atomic E-state index is 0.0328. The van der Waals surface area contributed by atoms with Gasteiger partial charge in [0.25, 0.3) is 0 Å². The Morgan fingerprint density at radius 3 is 2.61 bits per heavy atom. The van der Waals surface area contributed by atoms with Gasteiger partial charge in [-0.3, -0.25) is 4.79 Å². The predicted molar refractivity (Wildman–Crippen MR) is 91.5 cm³/mol. The molecule has 1 heterocycles. The molecule has 0 aromatic carbocycles. The zero-order chi connectivity index (χ0) is 16.9. The summed E-state index contributed by atoms with van der Waals surface area (Å²) in [6.45, 7) is 6.21. The van der Waals surface area contributed by atoms with E-state index in [0.29, 0.717) is 37.8 Å². The van der Waals surface area contributed by atoms with Gasteiger partial charge in [0.05, 0.1) is 12.1 Å². The third-order valence-corrected chi connectivity index (χ3v) is 5.33. The Morgan fingerprint density at radius 1 is 1.39 bits per heavy atom. The Balaban J connectivity index is 2.16. The van der Waals surface area contributed by atoms with Crippen LogP contribution in [-0.2, 0) is 4.79 Å². The molecule has 0 aromatic heterocycles. The smallest absolute Gasteiger partial charge is 0.240 e. The van der Waals surface area contributed by atoms with Gasteiger partial charge in [-0.15, -0.1) is 0 Å². The summed E-state index contributed by atoms with van der Waals surface area (Å²) in [6, 6.07) is 1.95. The van der Waals surface area contributed by atoms with Crippen molar-refractivity contribution in [3.63, 3.8) is 0 Å². The van der Waals surface area contributed by atoms with Crippen LogP contribution in [-0.4, -0.2) is 42.0 Å². The second-order valence-corrected chi connectivity index (χ2v) is 7.76. The van der Waals surface area contributed by atoms with Crippen molar-refractivity contribution in [2.75, 3.05) is 19.6 Å². The summed E-state index contributed by atoms with van der Waals surface area (Å²) < 4.78 is 0. The van der Waals surface area contributed by atoms with Crippen molar-refractivity contribution in [3.05, 3.63) is 0 Å². The Hall–Kier alpha value is -1.12. The predicted octanol–water partition coefficient (Wildman–Crippen LogP) is 2.02. The number of carbonyl (C=O) groups excluding carboxylic acids is 1. The molecule has 0 bridgehead atoms. The van der Waals surface area contributed by atoms with E-state index in [9.17, 15) is 10.1 Å². The number of nitrogens with two attached hydrogens (primary N) is 1. The fourth-order valence-electron chi connectivity index (χ4n) is 3.98. The fourth-order valence-corrected chi connectivity index (χ4v) is 3.98. The lowest BCUT2D eigenvalue weighted by Gasteiger charge is -2.40. The van der Waals surface area contributed by atoms with Crippen molar-refractivity contribution >= 4 is 5.91 Å². The van der Waals surface area contributed by atoms with Gasteiger partial charge in [0.2, 0.25) is 5.91 Å². The molecule has 5 heteroatoms. The van der Waals surface area contributed by atoms with Gasteiger partial charge in [0, 0.05) is 13.1 Å². The molecule has 3 N–H and O–H groups in total. The van der Waals surface area contributed by atoms with Crippen molar-refractivity contribution in [2.45, 2.75) is 70.4 Å². The molecular weight excluding hydrogens is 288 g/mol. The quantitative estimate of drug-likeness (QED) is 0.784. The zero-order valence-electron chi connectivity index (χ0n) is 14.7. The molecule has 2 unspecified atom stereocenters. The van der Waals surface area contributed by atoms with Crippen LogP contribution in [0.25, 0.3) is 0 Å². The highest BCUT2D eigenvalue weighted by atomic mass is 16.2. The van der Waals surface area contributed by atoms with Gasteiger partial charge < -0.3 is 16.0 Å². The molecule has 5 nitrogen and oxygen atoms in total. The molecule has 1 aliphatic heterocycles. The molecule has 2 rings (SSSR count). The van der Waals surface area contributed by atoms with Crippen LogP contribution in [0.2, 0.25) is 0 Å². The minimum Gasteiger partial charge on any atom is -0.321 e. The number of nitriles is 1. The van der Waals surface area contributed by atoms with Crippen LogP contribution >= 0.6 is 0 Å². The van der Waals surface area contributed by atoms with E-state index < -0.39 is 11.6 Å². The first-order valence-electron chi connectivity index (χ1n) is 9.17. The van der Waals surface area contributed by atoms with Gasteiger partial charge in [-0.1, -0.05) is 33.1 Å². The summed E-state index contributed by atoms with van der Waals surface area (Å²) in [5, 5.41) is 13.1. The molecule has 23 heavy (non-hydrogen) atoms.